The summed E-state index contributed by atoms with van der Waals surface area (Å²) in [6.07, 6.45) is 0.582. The van der Waals surface area contributed by atoms with Gasteiger partial charge in [0, 0.05) is 6.20 Å². The van der Waals surface area contributed by atoms with Crippen LogP contribution in [0.2, 0.25) is 0 Å². The fraction of sp³-hybridized carbons (Fsp3) is 0.231. The van der Waals surface area contributed by atoms with E-state index in [4.69, 9.17) is 4.74 Å². The van der Waals surface area contributed by atoms with Crippen LogP contribution in [0.25, 0.3) is 10.9 Å². The van der Waals surface area contributed by atoms with E-state index in [-0.39, 0.29) is 23.2 Å². The number of carboxylic acids is 1. The highest BCUT2D eigenvalue weighted by Crippen LogP contribution is 2.33. The Kier molecular flexibility index (Phi) is 2.53. The van der Waals surface area contributed by atoms with Gasteiger partial charge in [-0.3, -0.25) is 4.79 Å². The largest absolute Gasteiger partial charge is 0.545 e. The van der Waals surface area contributed by atoms with Crippen molar-refractivity contribution in [2.24, 2.45) is 0 Å². The molecule has 0 fully saturated rings. The van der Waals surface area contributed by atoms with Gasteiger partial charge in [0.1, 0.15) is 6.10 Å². The van der Waals surface area contributed by atoms with Crippen LogP contribution in [0.1, 0.15) is 17.3 Å². The molecule has 104 valence electrons. The third-order valence-electron chi connectivity index (χ3n) is 3.20. The fourth-order valence-corrected chi connectivity index (χ4v) is 2.39. The number of carbonyl (C=O) groups excluding carboxylic acids is 1. The molecular formula is C13H8F2NO4-. The van der Waals surface area contributed by atoms with Crippen molar-refractivity contribution in [1.82, 2.24) is 4.57 Å². The van der Waals surface area contributed by atoms with Crippen molar-refractivity contribution in [2.75, 3.05) is 0 Å². The summed E-state index contributed by atoms with van der Waals surface area (Å²) in [5, 5.41) is 10.7. The van der Waals surface area contributed by atoms with Crippen molar-refractivity contribution < 1.29 is 23.4 Å². The summed E-state index contributed by atoms with van der Waals surface area (Å²) >= 11 is 0. The zero-order valence-electron chi connectivity index (χ0n) is 10.3. The summed E-state index contributed by atoms with van der Waals surface area (Å²) in [4.78, 5) is 22.9. The Balaban J connectivity index is 2.53. The number of nitrogens with zero attached hydrogens (tertiary/aromatic N) is 1. The van der Waals surface area contributed by atoms with Gasteiger partial charge in [0.25, 0.3) is 0 Å². The molecule has 1 atom stereocenters. The second-order valence-corrected chi connectivity index (χ2v) is 4.64. The molecule has 0 spiro atoms. The van der Waals surface area contributed by atoms with Gasteiger partial charge < -0.3 is 19.2 Å². The normalized spacial score (nSPS) is 17.1. The van der Waals surface area contributed by atoms with E-state index in [2.05, 4.69) is 0 Å². The number of pyridine rings is 1. The van der Waals surface area contributed by atoms with Gasteiger partial charge in [0.05, 0.1) is 29.0 Å². The Morgan fingerprint density at radius 2 is 2.20 bits per heavy atom. The number of halogens is 2. The van der Waals surface area contributed by atoms with Crippen molar-refractivity contribution in [2.45, 2.75) is 19.6 Å². The van der Waals surface area contributed by atoms with Crippen LogP contribution < -0.4 is 15.3 Å². The SMILES string of the molecule is C[C@@H]1Cn2cc(C(=O)[O-])c(=O)c3cc(F)c(F)c(c32)O1. The van der Waals surface area contributed by atoms with Crippen LogP contribution in [-0.2, 0) is 6.54 Å². The molecule has 1 aromatic heterocycles. The quantitative estimate of drug-likeness (QED) is 0.759. The number of aromatic nitrogens is 1. The maximum Gasteiger partial charge on any atom is 0.202 e. The second kappa shape index (κ2) is 4.03. The zero-order valence-corrected chi connectivity index (χ0v) is 10.3. The number of rotatable bonds is 1. The summed E-state index contributed by atoms with van der Waals surface area (Å²) < 4.78 is 33.9. The summed E-state index contributed by atoms with van der Waals surface area (Å²) in [6, 6.07) is 0.679. The van der Waals surface area contributed by atoms with Crippen molar-refractivity contribution in [3.05, 3.63) is 39.7 Å². The lowest BCUT2D eigenvalue weighted by molar-refractivity contribution is -0.255. The molecule has 0 amide bonds. The Bertz CT molecular complexity index is 812. The molecule has 7 heteroatoms. The number of carbonyl (C=O) groups is 1. The molecular weight excluding hydrogens is 272 g/mol. The Morgan fingerprint density at radius 1 is 1.50 bits per heavy atom. The van der Waals surface area contributed by atoms with Crippen LogP contribution in [0.5, 0.6) is 5.75 Å². The molecule has 2 aromatic rings. The topological polar surface area (TPSA) is 71.4 Å². The minimum atomic E-state index is -1.66. The van der Waals surface area contributed by atoms with Gasteiger partial charge in [0.15, 0.2) is 17.0 Å². The molecule has 1 aromatic carbocycles. The molecule has 1 aliphatic rings. The highest BCUT2D eigenvalue weighted by molar-refractivity contribution is 5.93. The first kappa shape index (κ1) is 12.6. The fourth-order valence-electron chi connectivity index (χ4n) is 2.39. The molecule has 0 unspecified atom stereocenters. The Labute approximate surface area is 111 Å². The van der Waals surface area contributed by atoms with Crippen LogP contribution in [0.3, 0.4) is 0 Å². The van der Waals surface area contributed by atoms with E-state index in [9.17, 15) is 23.5 Å². The van der Waals surface area contributed by atoms with Crippen LogP contribution in [-0.4, -0.2) is 16.6 Å². The standard InChI is InChI=1S/C13H9F2NO4/c1-5-3-16-4-7(13(18)19)11(17)6-2-8(14)9(15)12(20-5)10(6)16/h2,4-5H,3H2,1H3,(H,18,19)/p-1/t5-/m1/s1. The number of aromatic carboxylic acids is 1. The van der Waals surface area contributed by atoms with Gasteiger partial charge in [-0.25, -0.2) is 4.39 Å². The molecule has 20 heavy (non-hydrogen) atoms. The summed E-state index contributed by atoms with van der Waals surface area (Å²) in [5.74, 6) is -4.49. The van der Waals surface area contributed by atoms with Crippen LogP contribution in [0, 0.1) is 11.6 Å². The van der Waals surface area contributed by atoms with Gasteiger partial charge in [-0.15, -0.1) is 0 Å². The highest BCUT2D eigenvalue weighted by atomic mass is 19.2. The number of ether oxygens (including phenoxy) is 1. The minimum Gasteiger partial charge on any atom is -0.545 e. The first-order valence-electron chi connectivity index (χ1n) is 5.83. The van der Waals surface area contributed by atoms with E-state index < -0.39 is 34.7 Å². The van der Waals surface area contributed by atoms with E-state index in [0.717, 1.165) is 6.20 Å². The Morgan fingerprint density at radius 3 is 2.85 bits per heavy atom. The van der Waals surface area contributed by atoms with Crippen LogP contribution in [0.4, 0.5) is 8.78 Å². The van der Waals surface area contributed by atoms with E-state index in [1.165, 1.54) is 4.57 Å². The van der Waals surface area contributed by atoms with Gasteiger partial charge in [0.2, 0.25) is 5.82 Å². The van der Waals surface area contributed by atoms with Crippen LogP contribution >= 0.6 is 0 Å². The van der Waals surface area contributed by atoms with E-state index in [1.54, 1.807) is 6.92 Å². The number of hydrogen-bond acceptors (Lipinski definition) is 4. The average Bonchev–Trinajstić information content (AvgIpc) is 2.38. The maximum absolute atomic E-state index is 13.8. The van der Waals surface area contributed by atoms with Crippen molar-refractivity contribution >= 4 is 16.9 Å². The van der Waals surface area contributed by atoms with Gasteiger partial charge in [-0.2, -0.15) is 4.39 Å². The maximum atomic E-state index is 13.8. The van der Waals surface area contributed by atoms with Crippen LogP contribution in [0.15, 0.2) is 17.1 Å². The Hall–Kier alpha value is -2.44. The van der Waals surface area contributed by atoms with Crippen molar-refractivity contribution in [3.63, 3.8) is 0 Å². The lowest BCUT2D eigenvalue weighted by Crippen LogP contribution is -2.33. The third kappa shape index (κ3) is 1.59. The molecule has 2 heterocycles. The lowest BCUT2D eigenvalue weighted by atomic mass is 10.1. The molecule has 0 aliphatic carbocycles. The molecule has 0 saturated heterocycles. The monoisotopic (exact) mass is 280 g/mol. The first-order chi connectivity index (χ1) is 9.40. The molecule has 0 bridgehead atoms. The predicted octanol–water partition coefficient (Wildman–Crippen LogP) is 0.424. The minimum absolute atomic E-state index is 0.0528. The molecule has 5 nitrogen and oxygen atoms in total. The molecule has 1 aliphatic heterocycles. The summed E-state index contributed by atoms with van der Waals surface area (Å²) in [6.45, 7) is 1.84. The number of hydrogen-bond donors (Lipinski definition) is 0. The van der Waals surface area contributed by atoms with Gasteiger partial charge >= 0.3 is 0 Å². The zero-order chi connectivity index (χ0) is 14.6. The third-order valence-corrected chi connectivity index (χ3v) is 3.20. The van der Waals surface area contributed by atoms with Gasteiger partial charge in [-0.1, -0.05) is 0 Å². The second-order valence-electron chi connectivity index (χ2n) is 4.64. The predicted molar refractivity (Wildman–Crippen MR) is 62.5 cm³/mol. The number of carboxylic acid groups (broad SMARTS) is 1. The smallest absolute Gasteiger partial charge is 0.202 e. The highest BCUT2D eigenvalue weighted by Gasteiger charge is 2.26. The van der Waals surface area contributed by atoms with Gasteiger partial charge in [-0.05, 0) is 13.0 Å². The molecule has 0 saturated carbocycles. The van der Waals surface area contributed by atoms with E-state index in [0.29, 0.717) is 6.07 Å². The number of benzene rings is 1. The van der Waals surface area contributed by atoms with Crippen molar-refractivity contribution in [1.29, 1.82) is 0 Å². The molecule has 3 rings (SSSR count). The molecule has 0 radical (unpaired) electrons. The average molecular weight is 280 g/mol. The van der Waals surface area contributed by atoms with E-state index >= 15 is 0 Å². The molecule has 0 N–H and O–H groups in total. The summed E-state index contributed by atoms with van der Waals surface area (Å²) in [7, 11) is 0. The lowest BCUT2D eigenvalue weighted by Gasteiger charge is -2.27. The van der Waals surface area contributed by atoms with Crippen molar-refractivity contribution in [3.8, 4) is 5.75 Å². The van der Waals surface area contributed by atoms with E-state index in [1.807, 2.05) is 0 Å². The first-order valence-corrected chi connectivity index (χ1v) is 5.83. The summed E-state index contributed by atoms with van der Waals surface area (Å²) in [5.41, 5.74) is -1.46.